The largest absolute Gasteiger partial charge is 0.354 e. The number of nitrogens with zero attached hydrogens (tertiary/aromatic N) is 1. The molecular weight excluding hydrogens is 324 g/mol. The summed E-state index contributed by atoms with van der Waals surface area (Å²) >= 11 is 0. The Labute approximate surface area is 141 Å². The molecule has 1 amide bonds. The van der Waals surface area contributed by atoms with Gasteiger partial charge in [-0.3, -0.25) is 9.10 Å². The number of hydrogen-bond donors (Lipinski definition) is 1. The standard InChI is InChI=1S/C18H18N2O3S/c1-3-20-15-12-8-7-11-14(15)16(13-9-5-4-6-10-13)17(18(21)19-2)24(20,22)23/h4-12H,3H2,1-2H3,(H,19,21). The molecule has 2 aromatic carbocycles. The zero-order valence-corrected chi connectivity index (χ0v) is 14.3. The number of hydrogen-bond acceptors (Lipinski definition) is 3. The second-order valence-electron chi connectivity index (χ2n) is 5.34. The third-order valence-electron chi connectivity index (χ3n) is 4.00. The Morgan fingerprint density at radius 1 is 1.04 bits per heavy atom. The molecule has 2 aromatic rings. The minimum Gasteiger partial charge on any atom is -0.354 e. The van der Waals surface area contributed by atoms with Crippen LogP contribution >= 0.6 is 0 Å². The molecular formula is C18H18N2O3S. The first kappa shape index (κ1) is 16.3. The fourth-order valence-corrected chi connectivity index (χ4v) is 4.77. The highest BCUT2D eigenvalue weighted by molar-refractivity contribution is 7.97. The van der Waals surface area contributed by atoms with Gasteiger partial charge in [0.25, 0.3) is 15.9 Å². The molecule has 5 nitrogen and oxygen atoms in total. The summed E-state index contributed by atoms with van der Waals surface area (Å²) in [5.74, 6) is -0.609. The SMILES string of the molecule is CCN1c2ccccc2C(c2ccccc2)=C(C(=O)NC)S1(=O)=O. The number of benzene rings is 2. The van der Waals surface area contributed by atoms with Crippen LogP contribution in [0, 0.1) is 0 Å². The minimum atomic E-state index is -3.94. The van der Waals surface area contributed by atoms with E-state index in [9.17, 15) is 13.2 Å². The summed E-state index contributed by atoms with van der Waals surface area (Å²) in [5, 5.41) is 2.46. The fraction of sp³-hybridized carbons (Fsp3) is 0.167. The van der Waals surface area contributed by atoms with Crippen molar-refractivity contribution >= 4 is 27.2 Å². The summed E-state index contributed by atoms with van der Waals surface area (Å²) in [4.78, 5) is 12.3. The Morgan fingerprint density at radius 2 is 1.67 bits per heavy atom. The van der Waals surface area contributed by atoms with Crippen molar-refractivity contribution in [1.82, 2.24) is 5.32 Å². The van der Waals surface area contributed by atoms with Crippen LogP contribution in [0.5, 0.6) is 0 Å². The number of nitrogens with one attached hydrogen (secondary N) is 1. The molecule has 0 radical (unpaired) electrons. The average molecular weight is 342 g/mol. The second kappa shape index (κ2) is 6.13. The predicted molar refractivity (Wildman–Crippen MR) is 94.9 cm³/mol. The Hall–Kier alpha value is -2.60. The van der Waals surface area contributed by atoms with Crippen molar-refractivity contribution in [3.05, 3.63) is 70.6 Å². The molecule has 0 bridgehead atoms. The molecule has 3 rings (SSSR count). The van der Waals surface area contributed by atoms with E-state index >= 15 is 0 Å². The zero-order chi connectivity index (χ0) is 17.3. The van der Waals surface area contributed by atoms with Gasteiger partial charge in [0, 0.05) is 24.7 Å². The maximum Gasteiger partial charge on any atom is 0.270 e. The van der Waals surface area contributed by atoms with Crippen LogP contribution in [0.2, 0.25) is 0 Å². The van der Waals surface area contributed by atoms with Crippen LogP contribution in [0.1, 0.15) is 18.1 Å². The molecule has 0 unspecified atom stereocenters. The summed E-state index contributed by atoms with van der Waals surface area (Å²) < 4.78 is 27.5. The maximum atomic E-state index is 13.1. The molecule has 0 aromatic heterocycles. The van der Waals surface area contributed by atoms with E-state index in [1.165, 1.54) is 11.4 Å². The number of amides is 1. The molecule has 0 atom stereocenters. The van der Waals surface area contributed by atoms with Gasteiger partial charge in [0.1, 0.15) is 0 Å². The van der Waals surface area contributed by atoms with E-state index in [0.29, 0.717) is 16.8 Å². The summed E-state index contributed by atoms with van der Waals surface area (Å²) in [5.41, 5.74) is 2.46. The van der Waals surface area contributed by atoms with Crippen LogP contribution in [0.25, 0.3) is 5.57 Å². The van der Waals surface area contributed by atoms with Gasteiger partial charge in [-0.05, 0) is 18.6 Å². The number of rotatable bonds is 3. The van der Waals surface area contributed by atoms with E-state index in [0.717, 1.165) is 5.56 Å². The topological polar surface area (TPSA) is 66.5 Å². The van der Waals surface area contributed by atoms with Crippen molar-refractivity contribution in [3.63, 3.8) is 0 Å². The first-order valence-corrected chi connectivity index (χ1v) is 9.10. The third kappa shape index (κ3) is 2.39. The lowest BCUT2D eigenvalue weighted by Gasteiger charge is -2.32. The highest BCUT2D eigenvalue weighted by Crippen LogP contribution is 2.42. The van der Waals surface area contributed by atoms with Gasteiger partial charge < -0.3 is 5.32 Å². The molecule has 124 valence electrons. The lowest BCUT2D eigenvalue weighted by Crippen LogP contribution is -2.40. The number of anilines is 1. The van der Waals surface area contributed by atoms with Crippen molar-refractivity contribution in [2.45, 2.75) is 6.92 Å². The zero-order valence-electron chi connectivity index (χ0n) is 13.5. The van der Waals surface area contributed by atoms with E-state index in [2.05, 4.69) is 5.32 Å². The van der Waals surface area contributed by atoms with Crippen LogP contribution in [0.4, 0.5) is 5.69 Å². The fourth-order valence-electron chi connectivity index (χ4n) is 2.97. The molecule has 0 saturated heterocycles. The molecule has 1 N–H and O–H groups in total. The summed E-state index contributed by atoms with van der Waals surface area (Å²) in [6.07, 6.45) is 0. The molecule has 1 aliphatic rings. The van der Waals surface area contributed by atoms with Gasteiger partial charge >= 0.3 is 0 Å². The smallest absolute Gasteiger partial charge is 0.270 e. The number of carbonyl (C=O) groups is 1. The van der Waals surface area contributed by atoms with Crippen LogP contribution < -0.4 is 9.62 Å². The Kier molecular flexibility index (Phi) is 4.15. The molecule has 1 aliphatic heterocycles. The van der Waals surface area contributed by atoms with Crippen molar-refractivity contribution in [1.29, 1.82) is 0 Å². The summed E-state index contributed by atoms with van der Waals surface area (Å²) in [6.45, 7) is 2.01. The Balaban J connectivity index is 2.46. The van der Waals surface area contributed by atoms with Gasteiger partial charge in [-0.15, -0.1) is 0 Å². The normalized spacial score (nSPS) is 15.8. The van der Waals surface area contributed by atoms with E-state index in [4.69, 9.17) is 0 Å². The third-order valence-corrected chi connectivity index (χ3v) is 5.94. The lowest BCUT2D eigenvalue weighted by atomic mass is 9.95. The maximum absolute atomic E-state index is 13.1. The van der Waals surface area contributed by atoms with Crippen LogP contribution in [0.3, 0.4) is 0 Å². The molecule has 1 heterocycles. The van der Waals surface area contributed by atoms with Crippen LogP contribution in [-0.4, -0.2) is 27.9 Å². The van der Waals surface area contributed by atoms with E-state index in [1.807, 2.05) is 42.5 Å². The molecule has 0 aliphatic carbocycles. The molecule has 0 saturated carbocycles. The molecule has 0 spiro atoms. The monoisotopic (exact) mass is 342 g/mol. The first-order valence-electron chi connectivity index (χ1n) is 7.66. The van der Waals surface area contributed by atoms with E-state index in [-0.39, 0.29) is 11.4 Å². The minimum absolute atomic E-state index is 0.211. The number of likely N-dealkylation sites (N-methyl/N-ethyl adjacent to an activating group) is 1. The average Bonchev–Trinajstić information content (AvgIpc) is 2.60. The van der Waals surface area contributed by atoms with Crippen molar-refractivity contribution in [3.8, 4) is 0 Å². The lowest BCUT2D eigenvalue weighted by molar-refractivity contribution is -0.116. The highest BCUT2D eigenvalue weighted by Gasteiger charge is 2.40. The van der Waals surface area contributed by atoms with Gasteiger partial charge in [0.15, 0.2) is 4.91 Å². The van der Waals surface area contributed by atoms with Gasteiger partial charge in [-0.2, -0.15) is 0 Å². The number of fused-ring (bicyclic) bond motifs is 1. The number of sulfonamides is 1. The Morgan fingerprint density at radius 3 is 2.29 bits per heavy atom. The van der Waals surface area contributed by atoms with Crippen LogP contribution in [0.15, 0.2) is 59.5 Å². The van der Waals surface area contributed by atoms with Crippen molar-refractivity contribution < 1.29 is 13.2 Å². The van der Waals surface area contributed by atoms with Gasteiger partial charge in [0.05, 0.1) is 5.69 Å². The van der Waals surface area contributed by atoms with Crippen molar-refractivity contribution in [2.24, 2.45) is 0 Å². The highest BCUT2D eigenvalue weighted by atomic mass is 32.2. The van der Waals surface area contributed by atoms with Crippen LogP contribution in [-0.2, 0) is 14.8 Å². The summed E-state index contributed by atoms with van der Waals surface area (Å²) in [7, 11) is -2.50. The first-order chi connectivity index (χ1) is 11.5. The van der Waals surface area contributed by atoms with Gasteiger partial charge in [-0.25, -0.2) is 8.42 Å². The molecule has 24 heavy (non-hydrogen) atoms. The summed E-state index contributed by atoms with van der Waals surface area (Å²) in [6, 6.07) is 16.4. The second-order valence-corrected chi connectivity index (χ2v) is 7.14. The van der Waals surface area contributed by atoms with E-state index in [1.54, 1.807) is 19.1 Å². The van der Waals surface area contributed by atoms with Gasteiger partial charge in [-0.1, -0.05) is 48.5 Å². The number of para-hydroxylation sites is 1. The molecule has 0 fully saturated rings. The molecule has 6 heteroatoms. The Bertz CT molecular complexity index is 918. The predicted octanol–water partition coefficient (Wildman–Crippen LogP) is 2.36. The van der Waals surface area contributed by atoms with Gasteiger partial charge in [0.2, 0.25) is 0 Å². The van der Waals surface area contributed by atoms with Crippen molar-refractivity contribution in [2.75, 3.05) is 17.9 Å². The number of carbonyl (C=O) groups excluding carboxylic acids is 1. The van der Waals surface area contributed by atoms with E-state index < -0.39 is 15.9 Å². The quantitative estimate of drug-likeness (QED) is 0.931.